The van der Waals surface area contributed by atoms with Crippen LogP contribution in [-0.4, -0.2) is 15.1 Å². The second-order valence-corrected chi connectivity index (χ2v) is 4.37. The van der Waals surface area contributed by atoms with Crippen LogP contribution in [0, 0.1) is 24.0 Å². The van der Waals surface area contributed by atoms with Gasteiger partial charge >= 0.3 is 0 Å². The van der Waals surface area contributed by atoms with Crippen LogP contribution in [0.4, 0.5) is 11.4 Å². The van der Waals surface area contributed by atoms with Gasteiger partial charge < -0.3 is 9.84 Å². The quantitative estimate of drug-likeness (QED) is 0.684. The van der Waals surface area contributed by atoms with Gasteiger partial charge in [-0.2, -0.15) is 4.98 Å². The molecule has 0 saturated carbocycles. The first-order valence-electron chi connectivity index (χ1n) is 5.45. The lowest BCUT2D eigenvalue weighted by Crippen LogP contribution is -2.02. The fourth-order valence-electron chi connectivity index (χ4n) is 1.58. The Bertz CT molecular complexity index is 626. The number of nitrogens with zero attached hydrogens (tertiary/aromatic N) is 3. The van der Waals surface area contributed by atoms with E-state index in [0.717, 1.165) is 0 Å². The highest BCUT2D eigenvalue weighted by Gasteiger charge is 2.15. The number of nitro groups is 1. The van der Waals surface area contributed by atoms with Crippen LogP contribution in [0.1, 0.15) is 17.3 Å². The summed E-state index contributed by atoms with van der Waals surface area (Å²) in [6.45, 7) is 3.81. The van der Waals surface area contributed by atoms with Gasteiger partial charge in [-0.3, -0.25) is 10.1 Å². The van der Waals surface area contributed by atoms with Crippen molar-refractivity contribution in [2.24, 2.45) is 0 Å². The highest BCUT2D eigenvalue weighted by molar-refractivity contribution is 6.33. The molecule has 0 spiro atoms. The van der Waals surface area contributed by atoms with Gasteiger partial charge in [-0.05, 0) is 25.5 Å². The van der Waals surface area contributed by atoms with Crippen LogP contribution in [0.15, 0.2) is 16.7 Å². The molecule has 100 valence electrons. The number of halogens is 1. The van der Waals surface area contributed by atoms with Gasteiger partial charge in [-0.25, -0.2) is 0 Å². The van der Waals surface area contributed by atoms with E-state index >= 15 is 0 Å². The van der Waals surface area contributed by atoms with Crippen molar-refractivity contribution in [3.63, 3.8) is 0 Å². The summed E-state index contributed by atoms with van der Waals surface area (Å²) in [4.78, 5) is 14.3. The number of nitro benzene ring substituents is 1. The second kappa shape index (κ2) is 5.23. The lowest BCUT2D eigenvalue weighted by molar-refractivity contribution is -0.384. The van der Waals surface area contributed by atoms with Gasteiger partial charge in [0.05, 0.1) is 11.5 Å². The summed E-state index contributed by atoms with van der Waals surface area (Å²) in [5.41, 5.74) is 1.29. The van der Waals surface area contributed by atoms with Gasteiger partial charge in [-0.1, -0.05) is 16.8 Å². The topological polar surface area (TPSA) is 94.1 Å². The van der Waals surface area contributed by atoms with Crippen molar-refractivity contribution >= 4 is 23.0 Å². The third-order valence-electron chi connectivity index (χ3n) is 2.49. The first kappa shape index (κ1) is 13.3. The van der Waals surface area contributed by atoms with Crippen molar-refractivity contribution in [3.05, 3.63) is 44.5 Å². The van der Waals surface area contributed by atoms with E-state index in [4.69, 9.17) is 16.1 Å². The minimum absolute atomic E-state index is 0.0832. The third kappa shape index (κ3) is 3.00. The second-order valence-electron chi connectivity index (χ2n) is 3.96. The van der Waals surface area contributed by atoms with E-state index in [1.54, 1.807) is 13.8 Å². The van der Waals surface area contributed by atoms with Crippen molar-refractivity contribution in [2.75, 3.05) is 5.32 Å². The number of rotatable bonds is 4. The Morgan fingerprint density at radius 2 is 2.21 bits per heavy atom. The summed E-state index contributed by atoms with van der Waals surface area (Å²) >= 11 is 5.85. The molecule has 0 aliphatic carbocycles. The number of nitrogens with one attached hydrogen (secondary N) is 1. The molecule has 0 atom stereocenters. The maximum absolute atomic E-state index is 10.7. The molecule has 0 fully saturated rings. The number of hydrogen-bond acceptors (Lipinski definition) is 6. The number of benzene rings is 1. The van der Waals surface area contributed by atoms with Gasteiger partial charge in [-0.15, -0.1) is 0 Å². The predicted octanol–water partition coefficient (Wildman–Crippen LogP) is 2.86. The molecule has 8 heteroatoms. The van der Waals surface area contributed by atoms with Crippen molar-refractivity contribution in [1.29, 1.82) is 0 Å². The zero-order valence-electron chi connectivity index (χ0n) is 10.3. The number of hydrogen-bond donors (Lipinski definition) is 1. The van der Waals surface area contributed by atoms with E-state index in [2.05, 4.69) is 15.5 Å². The fourth-order valence-corrected chi connectivity index (χ4v) is 1.81. The van der Waals surface area contributed by atoms with E-state index in [0.29, 0.717) is 29.5 Å². The molecule has 1 heterocycles. The maximum atomic E-state index is 10.7. The van der Waals surface area contributed by atoms with Gasteiger partial charge in [0.1, 0.15) is 5.02 Å². The van der Waals surface area contributed by atoms with Crippen LogP contribution in [0.5, 0.6) is 0 Å². The minimum atomic E-state index is -0.513. The van der Waals surface area contributed by atoms with Crippen LogP contribution in [0.3, 0.4) is 0 Å². The Kier molecular flexibility index (Phi) is 3.66. The Morgan fingerprint density at radius 1 is 1.47 bits per heavy atom. The summed E-state index contributed by atoms with van der Waals surface area (Å²) < 4.78 is 4.95. The number of anilines is 1. The maximum Gasteiger partial charge on any atom is 0.288 e. The Labute approximate surface area is 113 Å². The monoisotopic (exact) mass is 282 g/mol. The van der Waals surface area contributed by atoms with Crippen LogP contribution in [-0.2, 0) is 6.54 Å². The molecule has 1 aromatic heterocycles. The van der Waals surface area contributed by atoms with Gasteiger partial charge in [0, 0.05) is 11.8 Å². The first-order valence-corrected chi connectivity index (χ1v) is 5.83. The van der Waals surface area contributed by atoms with Crippen LogP contribution in [0.25, 0.3) is 0 Å². The average molecular weight is 283 g/mol. The molecule has 0 aliphatic heterocycles. The van der Waals surface area contributed by atoms with Crippen molar-refractivity contribution in [3.8, 4) is 0 Å². The SMILES string of the molecule is Cc1noc(CNc2cc(Cl)c([N+](=O)[O-])cc2C)n1. The molecular formula is C11H11ClN4O3. The van der Waals surface area contributed by atoms with Crippen molar-refractivity contribution in [2.45, 2.75) is 20.4 Å². The van der Waals surface area contributed by atoms with E-state index < -0.39 is 4.92 Å². The lowest BCUT2D eigenvalue weighted by atomic mass is 10.2. The summed E-state index contributed by atoms with van der Waals surface area (Å²) in [7, 11) is 0. The molecule has 0 radical (unpaired) electrons. The van der Waals surface area contributed by atoms with E-state index in [9.17, 15) is 10.1 Å². The standard InChI is InChI=1S/C11H11ClN4O3/c1-6-3-10(16(17)18)8(12)4-9(6)13-5-11-14-7(2)15-19-11/h3-4,13H,5H2,1-2H3. The molecule has 0 amide bonds. The zero-order chi connectivity index (χ0) is 14.0. The molecule has 0 bridgehead atoms. The molecule has 2 rings (SSSR count). The Morgan fingerprint density at radius 3 is 2.79 bits per heavy atom. The summed E-state index contributed by atoms with van der Waals surface area (Å²) in [5, 5.41) is 17.5. The molecule has 1 aromatic carbocycles. The predicted molar refractivity (Wildman–Crippen MR) is 69.2 cm³/mol. The molecule has 0 aliphatic rings. The number of aromatic nitrogens is 2. The molecule has 7 nitrogen and oxygen atoms in total. The van der Waals surface area contributed by atoms with E-state index in [1.807, 2.05) is 0 Å². The van der Waals surface area contributed by atoms with Crippen LogP contribution < -0.4 is 5.32 Å². The first-order chi connectivity index (χ1) is 8.97. The van der Waals surface area contributed by atoms with E-state index in [1.165, 1.54) is 12.1 Å². The van der Waals surface area contributed by atoms with Crippen LogP contribution >= 0.6 is 11.6 Å². The molecule has 0 saturated heterocycles. The average Bonchev–Trinajstić information content (AvgIpc) is 2.75. The highest BCUT2D eigenvalue weighted by Crippen LogP contribution is 2.30. The summed E-state index contributed by atoms with van der Waals surface area (Å²) in [6, 6.07) is 2.93. The van der Waals surface area contributed by atoms with Crippen molar-refractivity contribution < 1.29 is 9.45 Å². The summed E-state index contributed by atoms with van der Waals surface area (Å²) in [6.07, 6.45) is 0. The molecule has 19 heavy (non-hydrogen) atoms. The molecule has 1 N–H and O–H groups in total. The number of aryl methyl sites for hydroxylation is 2. The Hall–Kier alpha value is -2.15. The van der Waals surface area contributed by atoms with Crippen LogP contribution in [0.2, 0.25) is 5.02 Å². The largest absolute Gasteiger partial charge is 0.376 e. The minimum Gasteiger partial charge on any atom is -0.376 e. The van der Waals surface area contributed by atoms with Gasteiger partial charge in [0.15, 0.2) is 5.82 Å². The van der Waals surface area contributed by atoms with Gasteiger partial charge in [0.25, 0.3) is 5.69 Å². The normalized spacial score (nSPS) is 10.5. The summed E-state index contributed by atoms with van der Waals surface area (Å²) in [5.74, 6) is 0.988. The molecular weight excluding hydrogens is 272 g/mol. The molecule has 2 aromatic rings. The smallest absolute Gasteiger partial charge is 0.288 e. The zero-order valence-corrected chi connectivity index (χ0v) is 11.1. The lowest BCUT2D eigenvalue weighted by Gasteiger charge is -2.08. The van der Waals surface area contributed by atoms with Gasteiger partial charge in [0.2, 0.25) is 5.89 Å². The third-order valence-corrected chi connectivity index (χ3v) is 2.79. The van der Waals surface area contributed by atoms with E-state index in [-0.39, 0.29) is 10.7 Å². The highest BCUT2D eigenvalue weighted by atomic mass is 35.5. The molecule has 0 unspecified atom stereocenters. The van der Waals surface area contributed by atoms with Crippen molar-refractivity contribution in [1.82, 2.24) is 10.1 Å². The Balaban J connectivity index is 2.17. The fraction of sp³-hybridized carbons (Fsp3) is 0.273.